The Morgan fingerprint density at radius 3 is 2.96 bits per heavy atom. The van der Waals surface area contributed by atoms with Crippen LogP contribution in [0.25, 0.3) is 17.0 Å². The van der Waals surface area contributed by atoms with Crippen LogP contribution in [0.5, 0.6) is 0 Å². The number of fused-ring (bicyclic) bond motifs is 1. The lowest BCUT2D eigenvalue weighted by molar-refractivity contribution is -0.121. The molecular formula is C19H16N4OS2. The smallest absolute Gasteiger partial charge is 0.267 e. The fourth-order valence-corrected chi connectivity index (χ4v) is 4.41. The number of nitrogens with zero attached hydrogens (tertiary/aromatic N) is 4. The summed E-state index contributed by atoms with van der Waals surface area (Å²) in [7, 11) is 2.01. The molecule has 130 valence electrons. The molecule has 0 saturated carbocycles. The van der Waals surface area contributed by atoms with Crippen molar-refractivity contribution in [3.63, 3.8) is 0 Å². The van der Waals surface area contributed by atoms with Crippen molar-refractivity contribution in [1.82, 2.24) is 14.5 Å². The monoisotopic (exact) mass is 380 g/mol. The zero-order chi connectivity index (χ0) is 18.1. The number of aliphatic imine (C=N–C) groups is 1. The van der Waals surface area contributed by atoms with E-state index in [1.165, 1.54) is 23.1 Å². The van der Waals surface area contributed by atoms with Gasteiger partial charge in [-0.3, -0.25) is 9.69 Å². The molecule has 26 heavy (non-hydrogen) atoms. The maximum atomic E-state index is 12.9. The molecule has 5 nitrogen and oxygen atoms in total. The summed E-state index contributed by atoms with van der Waals surface area (Å²) in [6.07, 6.45) is 7.39. The van der Waals surface area contributed by atoms with Gasteiger partial charge in [0.25, 0.3) is 5.91 Å². The maximum Gasteiger partial charge on any atom is 0.267 e. The second-order valence-electron chi connectivity index (χ2n) is 5.74. The normalized spacial score (nSPS) is 17.7. The molecule has 2 aromatic heterocycles. The molecule has 1 saturated heterocycles. The summed E-state index contributed by atoms with van der Waals surface area (Å²) in [4.78, 5) is 23.9. The number of aromatic nitrogens is 2. The van der Waals surface area contributed by atoms with E-state index in [9.17, 15) is 4.79 Å². The van der Waals surface area contributed by atoms with Crippen molar-refractivity contribution in [1.29, 1.82) is 0 Å². The number of carbonyl (C=O) groups is 1. The lowest BCUT2D eigenvalue weighted by Gasteiger charge is -2.11. The van der Waals surface area contributed by atoms with Crippen molar-refractivity contribution in [2.24, 2.45) is 12.0 Å². The summed E-state index contributed by atoms with van der Waals surface area (Å²) in [6, 6.07) is 8.16. The Hall–Kier alpha value is -2.64. The Kier molecular flexibility index (Phi) is 4.48. The molecular weight excluding hydrogens is 364 g/mol. The molecule has 1 aromatic carbocycles. The molecule has 7 heteroatoms. The molecule has 0 spiro atoms. The summed E-state index contributed by atoms with van der Waals surface area (Å²) in [5, 5.41) is 4.26. The third kappa shape index (κ3) is 3.00. The van der Waals surface area contributed by atoms with Crippen molar-refractivity contribution >= 4 is 56.3 Å². The van der Waals surface area contributed by atoms with Crippen molar-refractivity contribution in [3.05, 3.63) is 65.2 Å². The molecule has 4 rings (SSSR count). The Bertz CT molecular complexity index is 1050. The molecule has 1 amide bonds. The summed E-state index contributed by atoms with van der Waals surface area (Å²) in [5.74, 6) is -0.0573. The number of para-hydroxylation sites is 1. The third-order valence-electron chi connectivity index (χ3n) is 4.02. The molecule has 0 unspecified atom stereocenters. The lowest BCUT2D eigenvalue weighted by atomic mass is 10.1. The van der Waals surface area contributed by atoms with Crippen LogP contribution in [-0.4, -0.2) is 32.1 Å². The minimum atomic E-state index is -0.0573. The number of hydrogen-bond donors (Lipinski definition) is 0. The molecule has 0 bridgehead atoms. The fourth-order valence-electron chi connectivity index (χ4n) is 2.86. The molecule has 3 aromatic rings. The van der Waals surface area contributed by atoms with Gasteiger partial charge < -0.3 is 4.57 Å². The van der Waals surface area contributed by atoms with Gasteiger partial charge in [0.15, 0.2) is 5.17 Å². The summed E-state index contributed by atoms with van der Waals surface area (Å²) in [6.45, 7) is 4.17. The molecule has 1 aliphatic heterocycles. The number of amidine groups is 1. The zero-order valence-electron chi connectivity index (χ0n) is 14.1. The van der Waals surface area contributed by atoms with Gasteiger partial charge in [0, 0.05) is 47.8 Å². The van der Waals surface area contributed by atoms with Gasteiger partial charge in [-0.1, -0.05) is 24.3 Å². The molecule has 1 fully saturated rings. The van der Waals surface area contributed by atoms with Crippen LogP contribution in [0.1, 0.15) is 5.56 Å². The molecule has 0 N–H and O–H groups in total. The highest BCUT2D eigenvalue weighted by Gasteiger charge is 2.33. The number of benzene rings is 1. The predicted molar refractivity (Wildman–Crippen MR) is 110 cm³/mol. The quantitative estimate of drug-likeness (QED) is 0.497. The van der Waals surface area contributed by atoms with E-state index in [-0.39, 0.29) is 5.91 Å². The molecule has 1 aliphatic rings. The highest BCUT2D eigenvalue weighted by molar-refractivity contribution is 8.18. The number of hydrogen-bond acceptors (Lipinski definition) is 5. The van der Waals surface area contributed by atoms with Crippen LogP contribution in [-0.2, 0) is 11.8 Å². The Morgan fingerprint density at radius 1 is 1.35 bits per heavy atom. The summed E-state index contributed by atoms with van der Waals surface area (Å²) < 4.78 is 2.07. The van der Waals surface area contributed by atoms with E-state index in [0.29, 0.717) is 21.7 Å². The zero-order valence-corrected chi connectivity index (χ0v) is 15.8. The standard InChI is InChI=1S/C19H16N4OS2/c1-3-9-23-17(24)16(26-19(23)21-18-20-8-10-25-18)11-13-12-22(2)15-7-5-4-6-14(13)15/h3-8,10-12H,1,9H2,2H3/b16-11-,21-19+. The second-order valence-corrected chi connectivity index (χ2v) is 7.62. The van der Waals surface area contributed by atoms with Gasteiger partial charge in [-0.25, -0.2) is 4.98 Å². The van der Waals surface area contributed by atoms with Crippen molar-refractivity contribution < 1.29 is 4.79 Å². The van der Waals surface area contributed by atoms with E-state index >= 15 is 0 Å². The van der Waals surface area contributed by atoms with E-state index < -0.39 is 0 Å². The van der Waals surface area contributed by atoms with Gasteiger partial charge in [-0.15, -0.1) is 17.9 Å². The van der Waals surface area contributed by atoms with E-state index in [0.717, 1.165) is 16.5 Å². The van der Waals surface area contributed by atoms with Gasteiger partial charge in [0.05, 0.1) is 4.91 Å². The highest BCUT2D eigenvalue weighted by atomic mass is 32.2. The van der Waals surface area contributed by atoms with E-state index in [1.807, 2.05) is 36.8 Å². The third-order valence-corrected chi connectivity index (χ3v) is 5.70. The van der Waals surface area contributed by atoms with Crippen LogP contribution in [0.15, 0.2) is 64.6 Å². The highest BCUT2D eigenvalue weighted by Crippen LogP contribution is 2.35. The first-order chi connectivity index (χ1) is 12.7. The number of carbonyl (C=O) groups excluding carboxylic acids is 1. The second kappa shape index (κ2) is 6.93. The SMILES string of the molecule is C=CCN1C(=O)/C(=C/c2cn(C)c3ccccc23)S/C1=N/c1nccs1. The van der Waals surface area contributed by atoms with Gasteiger partial charge in [0.2, 0.25) is 5.13 Å². The van der Waals surface area contributed by atoms with Crippen LogP contribution >= 0.6 is 23.1 Å². The van der Waals surface area contributed by atoms with Crippen LogP contribution in [0.3, 0.4) is 0 Å². The van der Waals surface area contributed by atoms with E-state index in [4.69, 9.17) is 0 Å². The number of amides is 1. The first kappa shape index (κ1) is 16.8. The Balaban J connectivity index is 1.75. The van der Waals surface area contributed by atoms with Crippen molar-refractivity contribution in [2.45, 2.75) is 0 Å². The average molecular weight is 380 g/mol. The van der Waals surface area contributed by atoms with Gasteiger partial charge in [-0.05, 0) is 23.9 Å². The van der Waals surface area contributed by atoms with Crippen molar-refractivity contribution in [2.75, 3.05) is 6.54 Å². The molecule has 3 heterocycles. The van der Waals surface area contributed by atoms with Gasteiger partial charge >= 0.3 is 0 Å². The van der Waals surface area contributed by atoms with Crippen LogP contribution in [0.2, 0.25) is 0 Å². The van der Waals surface area contributed by atoms with Crippen LogP contribution in [0.4, 0.5) is 5.13 Å². The number of rotatable bonds is 4. The minimum absolute atomic E-state index is 0.0573. The summed E-state index contributed by atoms with van der Waals surface area (Å²) >= 11 is 2.82. The topological polar surface area (TPSA) is 50.5 Å². The van der Waals surface area contributed by atoms with Crippen LogP contribution < -0.4 is 0 Å². The van der Waals surface area contributed by atoms with E-state index in [1.54, 1.807) is 17.2 Å². The average Bonchev–Trinajstić information content (AvgIpc) is 3.33. The predicted octanol–water partition coefficient (Wildman–Crippen LogP) is 4.42. The van der Waals surface area contributed by atoms with Gasteiger partial charge in [-0.2, -0.15) is 4.99 Å². The van der Waals surface area contributed by atoms with Crippen LogP contribution in [0, 0.1) is 0 Å². The fraction of sp³-hybridized carbons (Fsp3) is 0.105. The molecule has 0 radical (unpaired) electrons. The molecule has 0 atom stereocenters. The van der Waals surface area contributed by atoms with Crippen molar-refractivity contribution in [3.8, 4) is 0 Å². The minimum Gasteiger partial charge on any atom is -0.350 e. The number of thiazole rings is 1. The largest absolute Gasteiger partial charge is 0.350 e. The maximum absolute atomic E-state index is 12.9. The lowest BCUT2D eigenvalue weighted by Crippen LogP contribution is -2.29. The Morgan fingerprint density at radius 2 is 2.19 bits per heavy atom. The Labute approximate surface area is 159 Å². The summed E-state index contributed by atoms with van der Waals surface area (Å²) in [5.41, 5.74) is 2.16. The number of thioether (sulfide) groups is 1. The number of aryl methyl sites for hydroxylation is 1. The first-order valence-corrected chi connectivity index (χ1v) is 9.71. The van der Waals surface area contributed by atoms with Gasteiger partial charge in [0.1, 0.15) is 0 Å². The van der Waals surface area contributed by atoms with E-state index in [2.05, 4.69) is 33.3 Å². The molecule has 0 aliphatic carbocycles. The first-order valence-electron chi connectivity index (χ1n) is 8.02.